The molecule has 1 amide bonds. The Morgan fingerprint density at radius 1 is 1.24 bits per heavy atom. The molecule has 0 aliphatic carbocycles. The minimum Gasteiger partial charge on any atom is -0.379 e. The van der Waals surface area contributed by atoms with Crippen LogP contribution in [0, 0.1) is 13.8 Å². The SMILES string of the molecule is Cc1cc(C(=O)NC2CCCOC2)c(C)n1-c1ccc(C(C)C)cc1. The van der Waals surface area contributed by atoms with Gasteiger partial charge in [-0.05, 0) is 56.4 Å². The summed E-state index contributed by atoms with van der Waals surface area (Å²) in [5.41, 5.74) is 5.21. The highest BCUT2D eigenvalue weighted by Gasteiger charge is 2.21. The molecule has 1 unspecified atom stereocenters. The van der Waals surface area contributed by atoms with Gasteiger partial charge in [-0.3, -0.25) is 4.79 Å². The molecular formula is C21H28N2O2. The van der Waals surface area contributed by atoms with Crippen LogP contribution in [0.2, 0.25) is 0 Å². The van der Waals surface area contributed by atoms with Gasteiger partial charge in [-0.25, -0.2) is 0 Å². The highest BCUT2D eigenvalue weighted by atomic mass is 16.5. The van der Waals surface area contributed by atoms with Gasteiger partial charge in [0.05, 0.1) is 18.2 Å². The average molecular weight is 340 g/mol. The zero-order valence-electron chi connectivity index (χ0n) is 15.6. The Kier molecular flexibility index (Phi) is 5.28. The number of benzene rings is 1. The van der Waals surface area contributed by atoms with Gasteiger partial charge in [0.2, 0.25) is 0 Å². The zero-order chi connectivity index (χ0) is 18.0. The van der Waals surface area contributed by atoms with E-state index in [1.165, 1.54) is 5.56 Å². The standard InChI is InChI=1S/C21H28N2O2/c1-14(2)17-7-9-19(10-8-17)23-15(3)12-20(16(23)4)21(24)22-18-6-5-11-25-13-18/h7-10,12,14,18H,5-6,11,13H2,1-4H3,(H,22,24). The fraction of sp³-hybridized carbons (Fsp3) is 0.476. The van der Waals surface area contributed by atoms with Crippen molar-refractivity contribution in [3.63, 3.8) is 0 Å². The molecule has 4 nitrogen and oxygen atoms in total. The maximum absolute atomic E-state index is 12.7. The van der Waals surface area contributed by atoms with Gasteiger partial charge < -0.3 is 14.6 Å². The van der Waals surface area contributed by atoms with Gasteiger partial charge in [0.25, 0.3) is 5.91 Å². The molecule has 2 aromatic rings. The van der Waals surface area contributed by atoms with Crippen molar-refractivity contribution in [2.45, 2.75) is 52.5 Å². The quantitative estimate of drug-likeness (QED) is 0.909. The molecule has 3 rings (SSSR count). The third-order valence-electron chi connectivity index (χ3n) is 4.99. The van der Waals surface area contributed by atoms with Crippen molar-refractivity contribution >= 4 is 5.91 Å². The maximum Gasteiger partial charge on any atom is 0.253 e. The summed E-state index contributed by atoms with van der Waals surface area (Å²) >= 11 is 0. The first-order valence-corrected chi connectivity index (χ1v) is 9.15. The van der Waals surface area contributed by atoms with E-state index in [4.69, 9.17) is 4.74 Å². The monoisotopic (exact) mass is 340 g/mol. The van der Waals surface area contributed by atoms with Gasteiger partial charge in [0.15, 0.2) is 0 Å². The number of aromatic nitrogens is 1. The van der Waals surface area contributed by atoms with Crippen LogP contribution < -0.4 is 5.32 Å². The number of aryl methyl sites for hydroxylation is 1. The summed E-state index contributed by atoms with van der Waals surface area (Å²) in [5, 5.41) is 3.11. The number of amides is 1. The lowest BCUT2D eigenvalue weighted by molar-refractivity contribution is 0.0624. The lowest BCUT2D eigenvalue weighted by Crippen LogP contribution is -2.40. The molecule has 1 aromatic carbocycles. The zero-order valence-corrected chi connectivity index (χ0v) is 15.6. The largest absolute Gasteiger partial charge is 0.379 e. The van der Waals surface area contributed by atoms with Crippen molar-refractivity contribution in [1.82, 2.24) is 9.88 Å². The summed E-state index contributed by atoms with van der Waals surface area (Å²) in [6.45, 7) is 9.85. The minimum absolute atomic E-state index is 0.00588. The van der Waals surface area contributed by atoms with E-state index in [0.29, 0.717) is 12.5 Å². The summed E-state index contributed by atoms with van der Waals surface area (Å²) in [7, 11) is 0. The van der Waals surface area contributed by atoms with Crippen molar-refractivity contribution in [2.75, 3.05) is 13.2 Å². The lowest BCUT2D eigenvalue weighted by atomic mass is 10.0. The van der Waals surface area contributed by atoms with Crippen LogP contribution in [0.15, 0.2) is 30.3 Å². The molecule has 0 spiro atoms. The minimum atomic E-state index is -0.00588. The second-order valence-electron chi connectivity index (χ2n) is 7.25. The first-order valence-electron chi connectivity index (χ1n) is 9.15. The van der Waals surface area contributed by atoms with E-state index < -0.39 is 0 Å². The van der Waals surface area contributed by atoms with Gasteiger partial charge in [-0.15, -0.1) is 0 Å². The van der Waals surface area contributed by atoms with Crippen molar-refractivity contribution < 1.29 is 9.53 Å². The number of carbonyl (C=O) groups is 1. The van der Waals surface area contributed by atoms with Crippen LogP contribution in [-0.4, -0.2) is 29.7 Å². The number of hydrogen-bond acceptors (Lipinski definition) is 2. The highest BCUT2D eigenvalue weighted by molar-refractivity contribution is 5.96. The second kappa shape index (κ2) is 7.44. The third-order valence-corrected chi connectivity index (χ3v) is 4.99. The highest BCUT2D eigenvalue weighted by Crippen LogP contribution is 2.23. The summed E-state index contributed by atoms with van der Waals surface area (Å²) in [6, 6.07) is 10.7. The normalized spacial score (nSPS) is 17.7. The molecule has 0 saturated carbocycles. The molecule has 1 atom stereocenters. The van der Waals surface area contributed by atoms with E-state index in [9.17, 15) is 4.79 Å². The first-order chi connectivity index (χ1) is 12.0. The molecule has 2 heterocycles. The average Bonchev–Trinajstić information content (AvgIpc) is 2.90. The van der Waals surface area contributed by atoms with Crippen molar-refractivity contribution in [1.29, 1.82) is 0 Å². The van der Waals surface area contributed by atoms with Crippen molar-refractivity contribution in [2.24, 2.45) is 0 Å². The molecule has 1 aromatic heterocycles. The summed E-state index contributed by atoms with van der Waals surface area (Å²) in [4.78, 5) is 12.7. The first kappa shape index (κ1) is 17.7. The Bertz CT molecular complexity index is 738. The summed E-state index contributed by atoms with van der Waals surface area (Å²) in [6.07, 6.45) is 1.99. The van der Waals surface area contributed by atoms with E-state index in [2.05, 4.69) is 48.0 Å². The maximum atomic E-state index is 12.7. The molecule has 1 saturated heterocycles. The Balaban J connectivity index is 1.83. The number of carbonyl (C=O) groups excluding carboxylic acids is 1. The lowest BCUT2D eigenvalue weighted by Gasteiger charge is -2.23. The van der Waals surface area contributed by atoms with E-state index >= 15 is 0 Å². The van der Waals surface area contributed by atoms with Crippen molar-refractivity contribution in [3.05, 3.63) is 52.8 Å². The van der Waals surface area contributed by atoms with E-state index in [-0.39, 0.29) is 11.9 Å². The molecular weight excluding hydrogens is 312 g/mol. The van der Waals surface area contributed by atoms with Crippen molar-refractivity contribution in [3.8, 4) is 5.69 Å². The fourth-order valence-electron chi connectivity index (χ4n) is 3.52. The predicted molar refractivity (Wildman–Crippen MR) is 101 cm³/mol. The topological polar surface area (TPSA) is 43.3 Å². The van der Waals surface area contributed by atoms with Gasteiger partial charge in [-0.2, -0.15) is 0 Å². The van der Waals surface area contributed by atoms with Crippen LogP contribution >= 0.6 is 0 Å². The number of rotatable bonds is 4. The fourth-order valence-corrected chi connectivity index (χ4v) is 3.52. The third kappa shape index (κ3) is 3.79. The molecule has 4 heteroatoms. The summed E-state index contributed by atoms with van der Waals surface area (Å²) in [5.74, 6) is 0.508. The number of ether oxygens (including phenoxy) is 1. The van der Waals surface area contributed by atoms with Crippen LogP contribution in [-0.2, 0) is 4.74 Å². The molecule has 1 N–H and O–H groups in total. The molecule has 0 bridgehead atoms. The Morgan fingerprint density at radius 2 is 1.96 bits per heavy atom. The Labute approximate surface area is 150 Å². The van der Waals surface area contributed by atoms with Crippen LogP contribution in [0.3, 0.4) is 0 Å². The Hall–Kier alpha value is -2.07. The van der Waals surface area contributed by atoms with Gasteiger partial charge in [0, 0.05) is 23.7 Å². The van der Waals surface area contributed by atoms with E-state index in [0.717, 1.165) is 42.1 Å². The molecule has 134 valence electrons. The molecule has 0 radical (unpaired) electrons. The summed E-state index contributed by atoms with van der Waals surface area (Å²) < 4.78 is 7.61. The second-order valence-corrected chi connectivity index (χ2v) is 7.25. The van der Waals surface area contributed by atoms with Gasteiger partial charge >= 0.3 is 0 Å². The molecule has 25 heavy (non-hydrogen) atoms. The number of hydrogen-bond donors (Lipinski definition) is 1. The van der Waals surface area contributed by atoms with Crippen LogP contribution in [0.1, 0.15) is 59.9 Å². The Morgan fingerprint density at radius 3 is 2.56 bits per heavy atom. The van der Waals surface area contributed by atoms with Gasteiger partial charge in [0.1, 0.15) is 0 Å². The number of nitrogens with one attached hydrogen (secondary N) is 1. The van der Waals surface area contributed by atoms with Crippen LogP contribution in [0.25, 0.3) is 5.69 Å². The number of nitrogens with zero attached hydrogens (tertiary/aromatic N) is 1. The predicted octanol–water partition coefficient (Wildman–Crippen LogP) is 4.13. The smallest absolute Gasteiger partial charge is 0.253 e. The van der Waals surface area contributed by atoms with Crippen LogP contribution in [0.5, 0.6) is 0 Å². The molecule has 1 aliphatic heterocycles. The molecule has 1 aliphatic rings. The molecule has 1 fully saturated rings. The van der Waals surface area contributed by atoms with E-state index in [1.807, 2.05) is 19.9 Å². The van der Waals surface area contributed by atoms with Gasteiger partial charge in [-0.1, -0.05) is 26.0 Å². The van der Waals surface area contributed by atoms with Crippen LogP contribution in [0.4, 0.5) is 0 Å². The van der Waals surface area contributed by atoms with E-state index in [1.54, 1.807) is 0 Å².